The maximum atomic E-state index is 13.1. The second kappa shape index (κ2) is 8.42. The van der Waals surface area contributed by atoms with Crippen molar-refractivity contribution in [1.29, 1.82) is 0 Å². The van der Waals surface area contributed by atoms with Crippen molar-refractivity contribution in [2.75, 3.05) is 10.6 Å². The minimum absolute atomic E-state index is 0.220. The zero-order valence-corrected chi connectivity index (χ0v) is 14.8. The Morgan fingerprint density at radius 1 is 1.00 bits per heavy atom. The second-order valence-electron chi connectivity index (χ2n) is 6.29. The first-order valence-corrected chi connectivity index (χ1v) is 8.60. The molecular formula is C21H21FN4O. The van der Waals surface area contributed by atoms with Crippen molar-refractivity contribution in [1.82, 2.24) is 4.98 Å². The number of nitrogen functional groups attached to an aromatic ring is 1. The van der Waals surface area contributed by atoms with Gasteiger partial charge in [-0.25, -0.2) is 9.37 Å². The number of aromatic nitrogens is 1. The highest BCUT2D eigenvalue weighted by Gasteiger charge is 2.23. The third-order valence-electron chi connectivity index (χ3n) is 4.21. The van der Waals surface area contributed by atoms with E-state index in [1.165, 1.54) is 12.1 Å². The molecule has 0 saturated heterocycles. The fourth-order valence-corrected chi connectivity index (χ4v) is 2.78. The van der Waals surface area contributed by atoms with Crippen LogP contribution in [-0.2, 0) is 17.8 Å². The van der Waals surface area contributed by atoms with Crippen LogP contribution in [0.15, 0.2) is 72.9 Å². The molecule has 0 bridgehead atoms. The molecule has 6 heteroatoms. The molecular weight excluding hydrogens is 343 g/mol. The minimum Gasteiger partial charge on any atom is -0.384 e. The van der Waals surface area contributed by atoms with E-state index in [4.69, 9.17) is 11.5 Å². The van der Waals surface area contributed by atoms with Gasteiger partial charge in [-0.05, 0) is 47.9 Å². The molecule has 0 aliphatic rings. The van der Waals surface area contributed by atoms with Gasteiger partial charge in [0.05, 0.1) is 12.6 Å². The Morgan fingerprint density at radius 2 is 1.67 bits per heavy atom. The number of carbonyl (C=O) groups is 1. The highest BCUT2D eigenvalue weighted by Crippen LogP contribution is 2.19. The average molecular weight is 364 g/mol. The van der Waals surface area contributed by atoms with E-state index in [0.29, 0.717) is 18.8 Å². The molecule has 27 heavy (non-hydrogen) atoms. The first-order valence-electron chi connectivity index (χ1n) is 8.60. The number of rotatable bonds is 6. The number of nitrogens with two attached hydrogens (primary N) is 2. The second-order valence-corrected chi connectivity index (χ2v) is 6.29. The summed E-state index contributed by atoms with van der Waals surface area (Å²) < 4.78 is 13.1. The Labute approximate surface area is 157 Å². The van der Waals surface area contributed by atoms with Crippen LogP contribution in [0, 0.1) is 5.82 Å². The van der Waals surface area contributed by atoms with Crippen molar-refractivity contribution in [2.45, 2.75) is 19.0 Å². The first kappa shape index (κ1) is 18.5. The van der Waals surface area contributed by atoms with Crippen LogP contribution < -0.4 is 16.4 Å². The molecule has 0 aliphatic carbocycles. The smallest absolute Gasteiger partial charge is 0.244 e. The maximum Gasteiger partial charge on any atom is 0.244 e. The largest absolute Gasteiger partial charge is 0.384 e. The highest BCUT2D eigenvalue weighted by molar-refractivity contribution is 5.97. The van der Waals surface area contributed by atoms with E-state index in [2.05, 4.69) is 4.98 Å². The number of anilines is 2. The normalized spacial score (nSPS) is 11.8. The molecule has 0 aliphatic heterocycles. The maximum absolute atomic E-state index is 13.1. The van der Waals surface area contributed by atoms with Crippen LogP contribution in [0.5, 0.6) is 0 Å². The van der Waals surface area contributed by atoms with Gasteiger partial charge in [0.2, 0.25) is 5.91 Å². The summed E-state index contributed by atoms with van der Waals surface area (Å²) in [5.41, 5.74) is 14.2. The molecule has 3 rings (SSSR count). The van der Waals surface area contributed by atoms with E-state index in [1.807, 2.05) is 36.4 Å². The van der Waals surface area contributed by atoms with Crippen LogP contribution in [0.1, 0.15) is 11.1 Å². The number of pyridine rings is 1. The van der Waals surface area contributed by atoms with Crippen LogP contribution in [0.25, 0.3) is 0 Å². The van der Waals surface area contributed by atoms with Crippen molar-refractivity contribution < 1.29 is 9.18 Å². The van der Waals surface area contributed by atoms with Gasteiger partial charge in [0, 0.05) is 11.9 Å². The monoisotopic (exact) mass is 364 g/mol. The molecule has 5 nitrogen and oxygen atoms in total. The average Bonchev–Trinajstić information content (AvgIpc) is 2.69. The number of para-hydroxylation sites is 1. The number of hydrogen-bond donors (Lipinski definition) is 2. The lowest BCUT2D eigenvalue weighted by atomic mass is 10.0. The number of benzene rings is 2. The Bertz CT molecular complexity index is 882. The number of hydrogen-bond acceptors (Lipinski definition) is 4. The summed E-state index contributed by atoms with van der Waals surface area (Å²) in [4.78, 5) is 18.8. The molecule has 0 unspecified atom stereocenters. The van der Waals surface area contributed by atoms with Gasteiger partial charge in [0.25, 0.3) is 0 Å². The summed E-state index contributed by atoms with van der Waals surface area (Å²) in [7, 11) is 0. The number of amides is 1. The van der Waals surface area contributed by atoms with Gasteiger partial charge in [-0.3, -0.25) is 4.79 Å². The van der Waals surface area contributed by atoms with Gasteiger partial charge >= 0.3 is 0 Å². The lowest BCUT2D eigenvalue weighted by Gasteiger charge is -2.26. The predicted octanol–water partition coefficient (Wildman–Crippen LogP) is 2.91. The molecule has 0 spiro atoms. The van der Waals surface area contributed by atoms with Crippen LogP contribution in [0.3, 0.4) is 0 Å². The van der Waals surface area contributed by atoms with Gasteiger partial charge < -0.3 is 16.4 Å². The number of carbonyl (C=O) groups excluding carboxylic acids is 1. The van der Waals surface area contributed by atoms with Gasteiger partial charge in [0.15, 0.2) is 0 Å². The molecule has 138 valence electrons. The molecule has 4 N–H and O–H groups in total. The molecule has 0 radical (unpaired) electrons. The zero-order valence-electron chi connectivity index (χ0n) is 14.8. The Hall–Kier alpha value is -3.25. The van der Waals surface area contributed by atoms with Crippen molar-refractivity contribution in [3.8, 4) is 0 Å². The summed E-state index contributed by atoms with van der Waals surface area (Å²) in [5, 5.41) is 0. The Balaban J connectivity index is 1.81. The summed E-state index contributed by atoms with van der Waals surface area (Å²) in [6.45, 7) is 0.327. The van der Waals surface area contributed by atoms with Gasteiger partial charge in [-0.2, -0.15) is 0 Å². The zero-order chi connectivity index (χ0) is 19.2. The lowest BCUT2D eigenvalue weighted by Crippen LogP contribution is -2.44. The van der Waals surface area contributed by atoms with E-state index in [0.717, 1.165) is 16.8 Å². The predicted molar refractivity (Wildman–Crippen MR) is 104 cm³/mol. The van der Waals surface area contributed by atoms with E-state index >= 15 is 0 Å². The number of nitrogens with zero attached hydrogens (tertiary/aromatic N) is 2. The summed E-state index contributed by atoms with van der Waals surface area (Å²) >= 11 is 0. The fourth-order valence-electron chi connectivity index (χ4n) is 2.78. The quantitative estimate of drug-likeness (QED) is 0.704. The minimum atomic E-state index is -0.752. The fraction of sp³-hybridized carbons (Fsp3) is 0.143. The molecule has 1 atom stereocenters. The van der Waals surface area contributed by atoms with E-state index in [9.17, 15) is 9.18 Å². The van der Waals surface area contributed by atoms with Crippen LogP contribution in [0.4, 0.5) is 15.9 Å². The first-order chi connectivity index (χ1) is 13.0. The Morgan fingerprint density at radius 3 is 2.30 bits per heavy atom. The topological polar surface area (TPSA) is 85.2 Å². The Kier molecular flexibility index (Phi) is 5.78. The van der Waals surface area contributed by atoms with Crippen molar-refractivity contribution in [2.24, 2.45) is 5.73 Å². The SMILES string of the molecule is Nc1ccc(CN(C(=O)[C@@H](N)Cc2ccc(F)cc2)c2ccccc2)cn1. The van der Waals surface area contributed by atoms with Crippen molar-refractivity contribution in [3.05, 3.63) is 89.9 Å². The molecule has 0 saturated carbocycles. The van der Waals surface area contributed by atoms with Crippen molar-refractivity contribution in [3.63, 3.8) is 0 Å². The van der Waals surface area contributed by atoms with Crippen molar-refractivity contribution >= 4 is 17.4 Å². The molecule has 0 fully saturated rings. The third kappa shape index (κ3) is 4.89. The van der Waals surface area contributed by atoms with Gasteiger partial charge in [0.1, 0.15) is 11.6 Å². The summed E-state index contributed by atoms with van der Waals surface area (Å²) in [6.07, 6.45) is 1.96. The van der Waals surface area contributed by atoms with E-state index in [1.54, 1.807) is 29.3 Å². The number of halogens is 1. The highest BCUT2D eigenvalue weighted by atomic mass is 19.1. The van der Waals surface area contributed by atoms with Gasteiger partial charge in [-0.1, -0.05) is 36.4 Å². The summed E-state index contributed by atoms with van der Waals surface area (Å²) in [5.74, 6) is -0.118. The molecule has 1 heterocycles. The summed E-state index contributed by atoms with van der Waals surface area (Å²) in [6, 6.07) is 18.1. The standard InChI is InChI=1S/C21H21FN4O/c22-17-9-6-15(7-10-17)12-19(23)21(27)26(18-4-2-1-3-5-18)14-16-8-11-20(24)25-13-16/h1-11,13,19H,12,14,23H2,(H2,24,25)/t19-/m0/s1. The molecule has 1 aromatic heterocycles. The third-order valence-corrected chi connectivity index (χ3v) is 4.21. The molecule has 3 aromatic rings. The lowest BCUT2D eigenvalue weighted by molar-refractivity contribution is -0.120. The van der Waals surface area contributed by atoms with Gasteiger partial charge in [-0.15, -0.1) is 0 Å². The van der Waals surface area contributed by atoms with Crippen LogP contribution >= 0.6 is 0 Å². The van der Waals surface area contributed by atoms with E-state index < -0.39 is 6.04 Å². The molecule has 2 aromatic carbocycles. The van der Waals surface area contributed by atoms with Crippen LogP contribution in [0.2, 0.25) is 0 Å². The van der Waals surface area contributed by atoms with Crippen LogP contribution in [-0.4, -0.2) is 16.9 Å². The van der Waals surface area contributed by atoms with E-state index in [-0.39, 0.29) is 11.7 Å². The molecule has 1 amide bonds.